The summed E-state index contributed by atoms with van der Waals surface area (Å²) in [5, 5.41) is 6.51. The van der Waals surface area contributed by atoms with Gasteiger partial charge in [-0.15, -0.1) is 24.0 Å². The van der Waals surface area contributed by atoms with Crippen molar-refractivity contribution in [2.75, 3.05) is 76.8 Å². The summed E-state index contributed by atoms with van der Waals surface area (Å²) in [4.78, 5) is 6.69. The average molecular weight is 550 g/mol. The maximum Gasteiger partial charge on any atom is 0.215 e. The van der Waals surface area contributed by atoms with E-state index in [0.717, 1.165) is 44.4 Å². The molecule has 2 saturated heterocycles. The highest BCUT2D eigenvalue weighted by atomic mass is 127. The normalized spacial score (nSPS) is 21.2. The number of hydrogen-bond acceptors (Lipinski definition) is 6. The van der Waals surface area contributed by atoms with E-state index in [4.69, 9.17) is 4.74 Å². The third kappa shape index (κ3) is 8.50. The van der Waals surface area contributed by atoms with Gasteiger partial charge in [0.05, 0.1) is 19.0 Å². The van der Waals surface area contributed by atoms with Gasteiger partial charge in [0.1, 0.15) is 0 Å². The van der Waals surface area contributed by atoms with Crippen LogP contribution in [-0.4, -0.2) is 106 Å². The molecule has 2 fully saturated rings. The van der Waals surface area contributed by atoms with Crippen molar-refractivity contribution in [1.82, 2.24) is 19.8 Å². The Hall–Kier alpha value is 0.180. The minimum atomic E-state index is -3.20. The van der Waals surface area contributed by atoms with Gasteiger partial charge in [0.15, 0.2) is 5.96 Å². The highest BCUT2D eigenvalue weighted by molar-refractivity contribution is 14.0. The molecule has 0 radical (unpaired) electrons. The second kappa shape index (κ2) is 13.5. The smallest absolute Gasteiger partial charge is 0.215 e. The number of sulfonamides is 1. The Morgan fingerprint density at radius 2 is 1.79 bits per heavy atom. The first-order chi connectivity index (χ1) is 12.9. The van der Waals surface area contributed by atoms with E-state index in [1.54, 1.807) is 11.4 Å². The predicted molar refractivity (Wildman–Crippen MR) is 128 cm³/mol. The molecule has 0 aromatic carbocycles. The summed E-state index contributed by atoms with van der Waals surface area (Å²) in [6.07, 6.45) is 0. The largest absolute Gasteiger partial charge is 0.379 e. The van der Waals surface area contributed by atoms with Gasteiger partial charge in [-0.3, -0.25) is 9.89 Å². The van der Waals surface area contributed by atoms with Gasteiger partial charge in [-0.2, -0.15) is 11.8 Å². The van der Waals surface area contributed by atoms with E-state index in [9.17, 15) is 8.42 Å². The fourth-order valence-electron chi connectivity index (χ4n) is 3.37. The number of hydrogen-bond donors (Lipinski definition) is 2. The zero-order chi connectivity index (χ0) is 19.7. The van der Waals surface area contributed by atoms with Gasteiger partial charge in [0.25, 0.3) is 0 Å². The monoisotopic (exact) mass is 549 g/mol. The molecule has 2 heterocycles. The molecule has 1 unspecified atom stereocenters. The lowest BCUT2D eigenvalue weighted by molar-refractivity contribution is 0.00752. The summed E-state index contributed by atoms with van der Waals surface area (Å²) in [5.41, 5.74) is 0. The van der Waals surface area contributed by atoms with E-state index in [0.29, 0.717) is 37.6 Å². The van der Waals surface area contributed by atoms with Crippen LogP contribution in [0.3, 0.4) is 0 Å². The molecule has 2 aliphatic rings. The Bertz CT molecular complexity index is 565. The molecule has 2 rings (SSSR count). The standard InChI is InChI=1S/C17H35N5O3S2.HI/c1-15(2)16(21-5-9-25-10-6-21)14-20-17(18-3)19-4-13-27(23,24)22-7-11-26-12-8-22;/h15-16H,4-14H2,1-3H3,(H2,18,19,20);1H. The lowest BCUT2D eigenvalue weighted by Gasteiger charge is -2.37. The second-order valence-corrected chi connectivity index (χ2v) is 10.5. The van der Waals surface area contributed by atoms with E-state index >= 15 is 0 Å². The Labute approximate surface area is 191 Å². The molecular weight excluding hydrogens is 513 g/mol. The van der Waals surface area contributed by atoms with E-state index in [1.807, 2.05) is 11.8 Å². The lowest BCUT2D eigenvalue weighted by atomic mass is 10.0. The first kappa shape index (κ1) is 26.2. The van der Waals surface area contributed by atoms with Gasteiger partial charge in [0, 0.05) is 63.9 Å². The number of halogens is 1. The molecule has 8 nitrogen and oxygen atoms in total. The summed E-state index contributed by atoms with van der Waals surface area (Å²) in [7, 11) is -1.48. The van der Waals surface area contributed by atoms with Crippen LogP contribution in [-0.2, 0) is 14.8 Å². The van der Waals surface area contributed by atoms with Gasteiger partial charge >= 0.3 is 0 Å². The minimum absolute atomic E-state index is 0. The van der Waals surface area contributed by atoms with Gasteiger partial charge in [-0.1, -0.05) is 13.8 Å². The van der Waals surface area contributed by atoms with Crippen LogP contribution >= 0.6 is 35.7 Å². The molecule has 2 aliphatic heterocycles. The van der Waals surface area contributed by atoms with Gasteiger partial charge in [-0.05, 0) is 5.92 Å². The number of aliphatic imine (C=N–C) groups is 1. The third-order valence-corrected chi connectivity index (χ3v) is 7.82. The van der Waals surface area contributed by atoms with Crippen molar-refractivity contribution in [3.63, 3.8) is 0 Å². The van der Waals surface area contributed by atoms with Crippen LogP contribution in [0.4, 0.5) is 0 Å². The Balaban J connectivity index is 0.00000392. The van der Waals surface area contributed by atoms with Crippen LogP contribution in [0, 0.1) is 5.92 Å². The Kier molecular flexibility index (Phi) is 12.6. The van der Waals surface area contributed by atoms with Crippen LogP contribution < -0.4 is 10.6 Å². The van der Waals surface area contributed by atoms with Crippen molar-refractivity contribution >= 4 is 51.7 Å². The molecule has 0 saturated carbocycles. The number of ether oxygens (including phenoxy) is 1. The number of thioether (sulfide) groups is 1. The molecule has 0 aliphatic carbocycles. The van der Waals surface area contributed by atoms with E-state index in [-0.39, 0.29) is 29.7 Å². The Morgan fingerprint density at radius 3 is 2.36 bits per heavy atom. The van der Waals surface area contributed by atoms with Crippen LogP contribution in [0.5, 0.6) is 0 Å². The zero-order valence-corrected chi connectivity index (χ0v) is 21.2. The highest BCUT2D eigenvalue weighted by Gasteiger charge is 2.25. The topological polar surface area (TPSA) is 86.3 Å². The molecule has 0 spiro atoms. The maximum atomic E-state index is 12.4. The number of nitrogens with one attached hydrogen (secondary N) is 2. The quantitative estimate of drug-likeness (QED) is 0.259. The number of guanidine groups is 1. The van der Waals surface area contributed by atoms with Crippen molar-refractivity contribution in [3.8, 4) is 0 Å². The van der Waals surface area contributed by atoms with Gasteiger partial charge in [0.2, 0.25) is 10.0 Å². The number of rotatable bonds is 8. The lowest BCUT2D eigenvalue weighted by Crippen LogP contribution is -2.53. The van der Waals surface area contributed by atoms with Gasteiger partial charge in [-0.25, -0.2) is 12.7 Å². The van der Waals surface area contributed by atoms with Crippen LogP contribution in [0.2, 0.25) is 0 Å². The molecule has 28 heavy (non-hydrogen) atoms. The molecule has 0 bridgehead atoms. The SMILES string of the molecule is CN=C(NCCS(=O)(=O)N1CCSCC1)NCC(C(C)C)N1CCOCC1.I. The number of nitrogens with zero attached hydrogens (tertiary/aromatic N) is 3. The molecule has 2 N–H and O–H groups in total. The minimum Gasteiger partial charge on any atom is -0.379 e. The zero-order valence-electron chi connectivity index (χ0n) is 17.2. The molecule has 166 valence electrons. The second-order valence-electron chi connectivity index (χ2n) is 7.17. The Morgan fingerprint density at radius 1 is 1.14 bits per heavy atom. The summed E-state index contributed by atoms with van der Waals surface area (Å²) >= 11 is 1.81. The molecule has 0 amide bonds. The van der Waals surface area contributed by atoms with Crippen LogP contribution in [0.1, 0.15) is 13.8 Å². The summed E-state index contributed by atoms with van der Waals surface area (Å²) in [6, 6.07) is 0.391. The molecule has 0 aromatic rings. The molecule has 0 aromatic heterocycles. The fourth-order valence-corrected chi connectivity index (χ4v) is 5.86. The first-order valence-corrected chi connectivity index (χ1v) is 12.5. The van der Waals surface area contributed by atoms with E-state index in [1.165, 1.54) is 0 Å². The van der Waals surface area contributed by atoms with Crippen molar-refractivity contribution in [2.24, 2.45) is 10.9 Å². The van der Waals surface area contributed by atoms with Crippen LogP contribution in [0.15, 0.2) is 4.99 Å². The van der Waals surface area contributed by atoms with E-state index in [2.05, 4.69) is 34.4 Å². The first-order valence-electron chi connectivity index (χ1n) is 9.76. The molecule has 11 heteroatoms. The van der Waals surface area contributed by atoms with Gasteiger partial charge < -0.3 is 15.4 Å². The summed E-state index contributed by atoms with van der Waals surface area (Å²) < 4.78 is 31.9. The summed E-state index contributed by atoms with van der Waals surface area (Å²) in [5.74, 6) is 3.02. The molecule has 1 atom stereocenters. The van der Waals surface area contributed by atoms with E-state index < -0.39 is 10.0 Å². The fraction of sp³-hybridized carbons (Fsp3) is 0.941. The third-order valence-electron chi connectivity index (χ3n) is 5.00. The predicted octanol–water partition coefficient (Wildman–Crippen LogP) is 0.505. The average Bonchev–Trinajstić information content (AvgIpc) is 2.68. The maximum absolute atomic E-state index is 12.4. The summed E-state index contributed by atoms with van der Waals surface area (Å²) in [6.45, 7) is 10.3. The highest BCUT2D eigenvalue weighted by Crippen LogP contribution is 2.13. The van der Waals surface area contributed by atoms with Crippen molar-refractivity contribution in [2.45, 2.75) is 19.9 Å². The number of morpholine rings is 1. The molecular formula is C17H36IN5O3S2. The van der Waals surface area contributed by atoms with Crippen molar-refractivity contribution in [3.05, 3.63) is 0 Å². The van der Waals surface area contributed by atoms with Crippen molar-refractivity contribution < 1.29 is 13.2 Å². The van der Waals surface area contributed by atoms with Crippen LogP contribution in [0.25, 0.3) is 0 Å². The van der Waals surface area contributed by atoms with Crippen molar-refractivity contribution in [1.29, 1.82) is 0 Å².